The molecule has 0 aliphatic carbocycles. The fourth-order valence-electron chi connectivity index (χ4n) is 3.49. The van der Waals surface area contributed by atoms with Gasteiger partial charge in [0.2, 0.25) is 10.0 Å². The van der Waals surface area contributed by atoms with Gasteiger partial charge in [-0.2, -0.15) is 9.40 Å². The maximum atomic E-state index is 13.1. The Morgan fingerprint density at radius 3 is 2.38 bits per heavy atom. The average Bonchev–Trinajstić information content (AvgIpc) is 3.28. The number of hydrogen-bond donors (Lipinski definition) is 0. The van der Waals surface area contributed by atoms with Crippen LogP contribution in [0.3, 0.4) is 0 Å². The molecular weight excluding hydrogens is 390 g/mol. The van der Waals surface area contributed by atoms with Gasteiger partial charge in [0.05, 0.1) is 10.6 Å². The van der Waals surface area contributed by atoms with Gasteiger partial charge in [0, 0.05) is 31.2 Å². The van der Waals surface area contributed by atoms with Crippen molar-refractivity contribution in [1.82, 2.24) is 24.0 Å². The second kappa shape index (κ2) is 7.76. The lowest BCUT2D eigenvalue weighted by molar-refractivity contribution is 0.0642. The highest BCUT2D eigenvalue weighted by molar-refractivity contribution is 7.89. The summed E-state index contributed by atoms with van der Waals surface area (Å²) in [5.41, 5.74) is 1.34. The lowest BCUT2D eigenvalue weighted by Crippen LogP contribution is -2.55. The number of nitrogens with zero attached hydrogens (tertiary/aromatic N) is 5. The van der Waals surface area contributed by atoms with E-state index in [1.165, 1.54) is 10.6 Å². The van der Waals surface area contributed by atoms with Gasteiger partial charge in [0.15, 0.2) is 0 Å². The molecule has 9 heteroatoms. The lowest BCUT2D eigenvalue weighted by atomic mass is 10.1. The molecule has 0 N–H and O–H groups in total. The zero-order chi connectivity index (χ0) is 20.4. The Morgan fingerprint density at radius 1 is 1.03 bits per heavy atom. The van der Waals surface area contributed by atoms with Gasteiger partial charge in [0.25, 0.3) is 5.91 Å². The minimum atomic E-state index is -3.66. The molecule has 1 atom stereocenters. The highest BCUT2D eigenvalue weighted by atomic mass is 32.2. The van der Waals surface area contributed by atoms with E-state index >= 15 is 0 Å². The summed E-state index contributed by atoms with van der Waals surface area (Å²) >= 11 is 0. The highest BCUT2D eigenvalue weighted by Gasteiger charge is 2.35. The molecule has 0 radical (unpaired) electrons. The lowest BCUT2D eigenvalue weighted by Gasteiger charge is -2.39. The number of amides is 1. The molecule has 1 aromatic heterocycles. The summed E-state index contributed by atoms with van der Waals surface area (Å²) in [6.07, 6.45) is 2.97. The molecule has 1 aliphatic heterocycles. The first-order chi connectivity index (χ1) is 14.0. The molecule has 150 valence electrons. The maximum Gasteiger partial charge on any atom is 0.253 e. The van der Waals surface area contributed by atoms with E-state index in [9.17, 15) is 13.2 Å². The molecule has 1 unspecified atom stereocenters. The molecule has 8 nitrogen and oxygen atoms in total. The van der Waals surface area contributed by atoms with Crippen LogP contribution in [0.4, 0.5) is 0 Å². The summed E-state index contributed by atoms with van der Waals surface area (Å²) in [5, 5.41) is 4.04. The molecule has 0 spiro atoms. The molecule has 4 rings (SSSR count). The number of carbonyl (C=O) groups is 1. The highest BCUT2D eigenvalue weighted by Crippen LogP contribution is 2.23. The van der Waals surface area contributed by atoms with Gasteiger partial charge in [0.1, 0.15) is 12.7 Å². The molecule has 29 heavy (non-hydrogen) atoms. The monoisotopic (exact) mass is 411 g/mol. The first-order valence-electron chi connectivity index (χ1n) is 9.28. The molecule has 0 bridgehead atoms. The van der Waals surface area contributed by atoms with Crippen LogP contribution in [-0.2, 0) is 10.0 Å². The predicted molar refractivity (Wildman–Crippen MR) is 107 cm³/mol. The van der Waals surface area contributed by atoms with Crippen LogP contribution in [0.1, 0.15) is 17.3 Å². The van der Waals surface area contributed by atoms with E-state index in [4.69, 9.17) is 0 Å². The van der Waals surface area contributed by atoms with Crippen molar-refractivity contribution in [1.29, 1.82) is 0 Å². The van der Waals surface area contributed by atoms with Crippen molar-refractivity contribution < 1.29 is 13.2 Å². The third-order valence-electron chi connectivity index (χ3n) is 5.00. The maximum absolute atomic E-state index is 13.1. The summed E-state index contributed by atoms with van der Waals surface area (Å²) in [6.45, 7) is 2.79. The first-order valence-corrected chi connectivity index (χ1v) is 10.7. The molecule has 1 saturated heterocycles. The number of hydrogen-bond acceptors (Lipinski definition) is 5. The van der Waals surface area contributed by atoms with Crippen LogP contribution in [-0.4, -0.2) is 64.0 Å². The largest absolute Gasteiger partial charge is 0.336 e. The van der Waals surface area contributed by atoms with Crippen LogP contribution in [0, 0.1) is 0 Å². The second-order valence-electron chi connectivity index (χ2n) is 6.92. The fraction of sp³-hybridized carbons (Fsp3) is 0.250. The van der Waals surface area contributed by atoms with Crippen LogP contribution in [0.15, 0.2) is 72.1 Å². The van der Waals surface area contributed by atoms with Crippen LogP contribution in [0.2, 0.25) is 0 Å². The van der Waals surface area contributed by atoms with Crippen molar-refractivity contribution in [2.45, 2.75) is 17.9 Å². The third-order valence-corrected chi connectivity index (χ3v) is 7.03. The van der Waals surface area contributed by atoms with E-state index in [2.05, 4.69) is 10.1 Å². The summed E-state index contributed by atoms with van der Waals surface area (Å²) in [4.78, 5) is 18.5. The van der Waals surface area contributed by atoms with Gasteiger partial charge in [-0.15, -0.1) is 0 Å². The molecule has 1 fully saturated rings. The Hall–Kier alpha value is -3.04. The van der Waals surface area contributed by atoms with Crippen LogP contribution >= 0.6 is 0 Å². The molecule has 3 aromatic rings. The van der Waals surface area contributed by atoms with Crippen molar-refractivity contribution in [2.75, 3.05) is 19.6 Å². The number of carbonyl (C=O) groups excluding carboxylic acids is 1. The standard InChI is InChI=1S/C20H21N5O3S/c1-16-13-23(20(26)17-5-3-2-4-6-17)11-12-25(16)29(27,28)19-9-7-18(8-10-19)24-15-21-14-22-24/h2-10,14-16H,11-13H2,1H3. The zero-order valence-electron chi connectivity index (χ0n) is 15.9. The summed E-state index contributed by atoms with van der Waals surface area (Å²) in [7, 11) is -3.66. The molecule has 0 saturated carbocycles. The summed E-state index contributed by atoms with van der Waals surface area (Å²) < 4.78 is 29.3. The van der Waals surface area contributed by atoms with Gasteiger partial charge >= 0.3 is 0 Å². The Balaban J connectivity index is 1.49. The summed E-state index contributed by atoms with van der Waals surface area (Å²) in [6, 6.07) is 15.2. The van der Waals surface area contributed by atoms with E-state index in [0.717, 1.165) is 5.69 Å². The van der Waals surface area contributed by atoms with Crippen molar-refractivity contribution in [2.24, 2.45) is 0 Å². The van der Waals surface area contributed by atoms with Gasteiger partial charge < -0.3 is 4.90 Å². The zero-order valence-corrected chi connectivity index (χ0v) is 16.7. The number of rotatable bonds is 4. The quantitative estimate of drug-likeness (QED) is 0.653. The van der Waals surface area contributed by atoms with Crippen molar-refractivity contribution in [3.63, 3.8) is 0 Å². The van der Waals surface area contributed by atoms with Crippen molar-refractivity contribution in [3.8, 4) is 5.69 Å². The third kappa shape index (κ3) is 3.79. The Bertz CT molecular complexity index is 1080. The minimum Gasteiger partial charge on any atom is -0.336 e. The Kier molecular flexibility index (Phi) is 5.16. The Morgan fingerprint density at radius 2 is 1.76 bits per heavy atom. The second-order valence-corrected chi connectivity index (χ2v) is 8.81. The van der Waals surface area contributed by atoms with E-state index in [0.29, 0.717) is 18.7 Å². The normalized spacial score (nSPS) is 18.0. The van der Waals surface area contributed by atoms with Crippen LogP contribution in [0.25, 0.3) is 5.69 Å². The smallest absolute Gasteiger partial charge is 0.253 e. The minimum absolute atomic E-state index is 0.0771. The topological polar surface area (TPSA) is 88.4 Å². The number of sulfonamides is 1. The van der Waals surface area contributed by atoms with Gasteiger partial charge in [-0.3, -0.25) is 4.79 Å². The van der Waals surface area contributed by atoms with Crippen molar-refractivity contribution >= 4 is 15.9 Å². The first kappa shape index (κ1) is 19.3. The average molecular weight is 411 g/mol. The number of piperazine rings is 1. The molecule has 1 aliphatic rings. The number of aromatic nitrogens is 3. The molecule has 1 amide bonds. The fourth-order valence-corrected chi connectivity index (χ4v) is 5.11. The van der Waals surface area contributed by atoms with Crippen LogP contribution < -0.4 is 0 Å². The SMILES string of the molecule is CC1CN(C(=O)c2ccccc2)CCN1S(=O)(=O)c1ccc(-n2cncn2)cc1. The van der Waals surface area contributed by atoms with Gasteiger partial charge in [-0.1, -0.05) is 18.2 Å². The van der Waals surface area contributed by atoms with E-state index in [-0.39, 0.29) is 23.4 Å². The van der Waals surface area contributed by atoms with Gasteiger partial charge in [-0.05, 0) is 43.3 Å². The van der Waals surface area contributed by atoms with E-state index in [1.807, 2.05) is 25.1 Å². The van der Waals surface area contributed by atoms with Crippen molar-refractivity contribution in [3.05, 3.63) is 72.8 Å². The molecule has 2 aromatic carbocycles. The predicted octanol–water partition coefficient (Wildman–Crippen LogP) is 1.80. The van der Waals surface area contributed by atoms with Gasteiger partial charge in [-0.25, -0.2) is 18.1 Å². The molecular formula is C20H21N5O3S. The Labute approximate surface area is 169 Å². The molecule has 2 heterocycles. The van der Waals surface area contributed by atoms with E-state index in [1.54, 1.807) is 52.3 Å². The summed E-state index contributed by atoms with van der Waals surface area (Å²) in [5.74, 6) is -0.0771. The van der Waals surface area contributed by atoms with E-state index < -0.39 is 10.0 Å². The van der Waals surface area contributed by atoms with Crippen LogP contribution in [0.5, 0.6) is 0 Å². The number of benzene rings is 2.